The molecule has 1 fully saturated rings. The molecule has 30 heavy (non-hydrogen) atoms. The SMILES string of the molecule is COc1ccc(Cl)cc1C(=O)N1CCN(c2ccc(-c3ccc(Cl)cc3)nn2)CC1. The van der Waals surface area contributed by atoms with Crippen LogP contribution in [0.3, 0.4) is 0 Å². The molecule has 1 aliphatic rings. The first-order valence-electron chi connectivity index (χ1n) is 9.52. The summed E-state index contributed by atoms with van der Waals surface area (Å²) >= 11 is 12.0. The highest BCUT2D eigenvalue weighted by Gasteiger charge is 2.25. The van der Waals surface area contributed by atoms with Crippen LogP contribution in [0.4, 0.5) is 5.82 Å². The molecule has 0 bridgehead atoms. The number of amides is 1. The fourth-order valence-electron chi connectivity index (χ4n) is 3.42. The van der Waals surface area contributed by atoms with Gasteiger partial charge < -0.3 is 14.5 Å². The van der Waals surface area contributed by atoms with Gasteiger partial charge in [0.05, 0.1) is 18.4 Å². The van der Waals surface area contributed by atoms with E-state index in [1.807, 2.05) is 36.4 Å². The van der Waals surface area contributed by atoms with Gasteiger partial charge >= 0.3 is 0 Å². The lowest BCUT2D eigenvalue weighted by molar-refractivity contribution is 0.0743. The van der Waals surface area contributed by atoms with Gasteiger partial charge in [-0.05, 0) is 42.5 Å². The summed E-state index contributed by atoms with van der Waals surface area (Å²) in [6, 6.07) is 16.5. The summed E-state index contributed by atoms with van der Waals surface area (Å²) in [5, 5.41) is 9.91. The van der Waals surface area contributed by atoms with Crippen molar-refractivity contribution >= 4 is 34.9 Å². The lowest BCUT2D eigenvalue weighted by Crippen LogP contribution is -2.49. The highest BCUT2D eigenvalue weighted by molar-refractivity contribution is 6.31. The van der Waals surface area contributed by atoms with Gasteiger partial charge in [0.1, 0.15) is 5.75 Å². The predicted molar refractivity (Wildman–Crippen MR) is 119 cm³/mol. The third-order valence-corrected chi connectivity index (χ3v) is 5.56. The highest BCUT2D eigenvalue weighted by atomic mass is 35.5. The van der Waals surface area contributed by atoms with Gasteiger partial charge in [0.25, 0.3) is 5.91 Å². The maximum atomic E-state index is 12.9. The summed E-state index contributed by atoms with van der Waals surface area (Å²) in [5.41, 5.74) is 2.23. The minimum absolute atomic E-state index is 0.0850. The molecule has 2 aromatic carbocycles. The second-order valence-electron chi connectivity index (χ2n) is 6.91. The molecule has 6 nitrogen and oxygen atoms in total. The number of piperazine rings is 1. The Bertz CT molecular complexity index is 1030. The van der Waals surface area contributed by atoms with Crippen LogP contribution >= 0.6 is 23.2 Å². The van der Waals surface area contributed by atoms with Gasteiger partial charge in [0, 0.05) is 41.8 Å². The van der Waals surface area contributed by atoms with Gasteiger partial charge in [-0.15, -0.1) is 10.2 Å². The Balaban J connectivity index is 1.41. The van der Waals surface area contributed by atoms with Gasteiger partial charge in [-0.2, -0.15) is 0 Å². The number of methoxy groups -OCH3 is 1. The normalized spacial score (nSPS) is 14.0. The van der Waals surface area contributed by atoms with E-state index in [1.165, 1.54) is 0 Å². The number of halogens is 2. The maximum Gasteiger partial charge on any atom is 0.257 e. The minimum atomic E-state index is -0.0850. The first-order chi connectivity index (χ1) is 14.5. The zero-order valence-electron chi connectivity index (χ0n) is 16.4. The van der Waals surface area contributed by atoms with E-state index >= 15 is 0 Å². The van der Waals surface area contributed by atoms with E-state index in [0.717, 1.165) is 17.1 Å². The lowest BCUT2D eigenvalue weighted by Gasteiger charge is -2.35. The molecule has 3 aromatic rings. The van der Waals surface area contributed by atoms with Crippen LogP contribution in [0.15, 0.2) is 54.6 Å². The van der Waals surface area contributed by atoms with Crippen molar-refractivity contribution in [3.05, 3.63) is 70.2 Å². The summed E-state index contributed by atoms with van der Waals surface area (Å²) < 4.78 is 5.31. The minimum Gasteiger partial charge on any atom is -0.496 e. The van der Waals surface area contributed by atoms with E-state index in [2.05, 4.69) is 15.1 Å². The molecule has 0 aliphatic carbocycles. The summed E-state index contributed by atoms with van der Waals surface area (Å²) in [4.78, 5) is 16.9. The van der Waals surface area contributed by atoms with Crippen LogP contribution in [0.25, 0.3) is 11.3 Å². The number of carbonyl (C=O) groups excluding carboxylic acids is 1. The topological polar surface area (TPSA) is 58.6 Å². The molecule has 8 heteroatoms. The van der Waals surface area contributed by atoms with Gasteiger partial charge in [-0.25, -0.2) is 0 Å². The van der Waals surface area contributed by atoms with E-state index in [9.17, 15) is 4.79 Å². The van der Waals surface area contributed by atoms with E-state index in [0.29, 0.717) is 47.5 Å². The molecule has 1 aliphatic heterocycles. The molecule has 0 spiro atoms. The van der Waals surface area contributed by atoms with Crippen LogP contribution < -0.4 is 9.64 Å². The Morgan fingerprint density at radius 3 is 2.23 bits per heavy atom. The fourth-order valence-corrected chi connectivity index (χ4v) is 3.72. The van der Waals surface area contributed by atoms with Crippen molar-refractivity contribution in [2.45, 2.75) is 0 Å². The van der Waals surface area contributed by atoms with E-state index in [-0.39, 0.29) is 5.91 Å². The van der Waals surface area contributed by atoms with Crippen molar-refractivity contribution in [2.24, 2.45) is 0 Å². The fraction of sp³-hybridized carbons (Fsp3) is 0.227. The van der Waals surface area contributed by atoms with Crippen molar-refractivity contribution in [3.63, 3.8) is 0 Å². The lowest BCUT2D eigenvalue weighted by atomic mass is 10.1. The molecule has 1 saturated heterocycles. The molecule has 2 heterocycles. The molecule has 0 unspecified atom stereocenters. The molecular weight excluding hydrogens is 423 g/mol. The van der Waals surface area contributed by atoms with Gasteiger partial charge in [-0.1, -0.05) is 35.3 Å². The highest BCUT2D eigenvalue weighted by Crippen LogP contribution is 2.25. The average molecular weight is 443 g/mol. The van der Waals surface area contributed by atoms with Crippen molar-refractivity contribution in [1.29, 1.82) is 0 Å². The van der Waals surface area contributed by atoms with Crippen molar-refractivity contribution in [3.8, 4) is 17.0 Å². The largest absolute Gasteiger partial charge is 0.496 e. The number of anilines is 1. The standard InChI is InChI=1S/C22H20Cl2N4O2/c1-30-20-8-6-17(24)14-18(20)22(29)28-12-10-27(11-13-28)21-9-7-19(25-26-21)15-2-4-16(23)5-3-15/h2-9,14H,10-13H2,1H3. The number of carbonyl (C=O) groups is 1. The van der Waals surface area contributed by atoms with Crippen LogP contribution in [0.2, 0.25) is 10.0 Å². The summed E-state index contributed by atoms with van der Waals surface area (Å²) in [6.45, 7) is 2.50. The molecule has 0 N–H and O–H groups in total. The molecule has 1 amide bonds. The summed E-state index contributed by atoms with van der Waals surface area (Å²) in [6.07, 6.45) is 0. The van der Waals surface area contributed by atoms with Crippen LogP contribution in [0, 0.1) is 0 Å². The van der Waals surface area contributed by atoms with Crippen LogP contribution in [-0.2, 0) is 0 Å². The van der Waals surface area contributed by atoms with Gasteiger partial charge in [0.15, 0.2) is 5.82 Å². The smallest absolute Gasteiger partial charge is 0.257 e. The van der Waals surface area contributed by atoms with Crippen LogP contribution in [0.5, 0.6) is 5.75 Å². The van der Waals surface area contributed by atoms with Gasteiger partial charge in [-0.3, -0.25) is 4.79 Å². The molecule has 0 atom stereocenters. The molecular formula is C22H20Cl2N4O2. The maximum absolute atomic E-state index is 12.9. The van der Waals surface area contributed by atoms with Gasteiger partial charge in [0.2, 0.25) is 0 Å². The zero-order chi connectivity index (χ0) is 21.1. The number of ether oxygens (including phenoxy) is 1. The second-order valence-corrected chi connectivity index (χ2v) is 7.78. The second kappa shape index (κ2) is 8.90. The number of hydrogen-bond donors (Lipinski definition) is 0. The quantitative estimate of drug-likeness (QED) is 0.598. The Labute approximate surface area is 185 Å². The van der Waals surface area contributed by atoms with Crippen molar-refractivity contribution < 1.29 is 9.53 Å². The third-order valence-electron chi connectivity index (χ3n) is 5.07. The van der Waals surface area contributed by atoms with E-state index < -0.39 is 0 Å². The number of nitrogens with zero attached hydrogens (tertiary/aromatic N) is 4. The average Bonchev–Trinajstić information content (AvgIpc) is 2.79. The Hall–Kier alpha value is -2.83. The third kappa shape index (κ3) is 4.35. The molecule has 1 aromatic heterocycles. The summed E-state index contributed by atoms with van der Waals surface area (Å²) in [7, 11) is 1.55. The molecule has 154 valence electrons. The first-order valence-corrected chi connectivity index (χ1v) is 10.3. The number of rotatable bonds is 4. The number of hydrogen-bond acceptors (Lipinski definition) is 5. The number of aromatic nitrogens is 2. The van der Waals surface area contributed by atoms with E-state index in [1.54, 1.807) is 30.2 Å². The Kier molecular flexibility index (Phi) is 6.06. The van der Waals surface area contributed by atoms with E-state index in [4.69, 9.17) is 27.9 Å². The van der Waals surface area contributed by atoms with Crippen molar-refractivity contribution in [1.82, 2.24) is 15.1 Å². The van der Waals surface area contributed by atoms with Crippen molar-refractivity contribution in [2.75, 3.05) is 38.2 Å². The molecule has 4 rings (SSSR count). The molecule has 0 saturated carbocycles. The Morgan fingerprint density at radius 2 is 1.60 bits per heavy atom. The molecule has 0 radical (unpaired) electrons. The predicted octanol–water partition coefficient (Wildman–Crippen LogP) is 4.42. The zero-order valence-corrected chi connectivity index (χ0v) is 17.9. The monoisotopic (exact) mass is 442 g/mol. The Morgan fingerprint density at radius 1 is 0.900 bits per heavy atom. The number of benzene rings is 2. The van der Waals surface area contributed by atoms with Crippen LogP contribution in [0.1, 0.15) is 10.4 Å². The summed E-state index contributed by atoms with van der Waals surface area (Å²) in [5.74, 6) is 1.23. The first kappa shape index (κ1) is 20.4. The van der Waals surface area contributed by atoms with Crippen LogP contribution in [-0.4, -0.2) is 54.3 Å².